The number of ether oxygens (including phenoxy) is 1. The van der Waals surface area contributed by atoms with Crippen LogP contribution in [0.15, 0.2) is 53.4 Å². The molecular weight excluding hydrogens is 388 g/mol. The van der Waals surface area contributed by atoms with Crippen molar-refractivity contribution in [1.82, 2.24) is 0 Å². The van der Waals surface area contributed by atoms with Gasteiger partial charge in [-0.25, -0.2) is 13.2 Å². The van der Waals surface area contributed by atoms with Crippen molar-refractivity contribution < 1.29 is 17.9 Å². The number of sulfonamides is 1. The molecule has 0 aliphatic carbocycles. The van der Waals surface area contributed by atoms with Gasteiger partial charge in [0.25, 0.3) is 10.0 Å². The van der Waals surface area contributed by atoms with Crippen LogP contribution in [0.2, 0.25) is 5.02 Å². The van der Waals surface area contributed by atoms with E-state index in [0.717, 1.165) is 4.31 Å². The number of hydrogen-bond donors (Lipinski definition) is 0. The van der Waals surface area contributed by atoms with Crippen LogP contribution in [0, 0.1) is 11.3 Å². The molecule has 2 rings (SSSR count). The third kappa shape index (κ3) is 4.59. The van der Waals surface area contributed by atoms with Gasteiger partial charge in [-0.15, -0.1) is 0 Å². The first kappa shape index (κ1) is 20.7. The van der Waals surface area contributed by atoms with E-state index in [1.807, 2.05) is 6.07 Å². The Hall–Kier alpha value is -2.56. The van der Waals surface area contributed by atoms with Crippen LogP contribution in [-0.2, 0) is 19.6 Å². The lowest BCUT2D eigenvalue weighted by Crippen LogP contribution is -2.45. The molecule has 0 aliphatic rings. The highest BCUT2D eigenvalue weighted by Crippen LogP contribution is 2.29. The van der Waals surface area contributed by atoms with Crippen molar-refractivity contribution in [2.24, 2.45) is 0 Å². The summed E-state index contributed by atoms with van der Waals surface area (Å²) < 4.78 is 32.8. The Bertz CT molecular complexity index is 952. The zero-order chi connectivity index (χ0) is 20.0. The molecular formula is C19H19ClN2O4S. The van der Waals surface area contributed by atoms with Crippen molar-refractivity contribution in [2.75, 3.05) is 10.9 Å². The van der Waals surface area contributed by atoms with Crippen LogP contribution < -0.4 is 4.31 Å². The minimum atomic E-state index is -4.11. The van der Waals surface area contributed by atoms with Gasteiger partial charge in [-0.3, -0.25) is 4.31 Å². The number of hydrogen-bond acceptors (Lipinski definition) is 5. The summed E-state index contributed by atoms with van der Waals surface area (Å²) in [4.78, 5) is 12.4. The molecule has 0 aromatic heterocycles. The Morgan fingerprint density at radius 3 is 2.44 bits per heavy atom. The maximum absolute atomic E-state index is 13.3. The zero-order valence-electron chi connectivity index (χ0n) is 14.9. The third-order valence-electron chi connectivity index (χ3n) is 3.83. The van der Waals surface area contributed by atoms with Crippen LogP contribution in [0.1, 0.15) is 25.8 Å². The molecule has 0 N–H and O–H groups in total. The van der Waals surface area contributed by atoms with Crippen molar-refractivity contribution in [2.45, 2.75) is 31.2 Å². The average Bonchev–Trinajstić information content (AvgIpc) is 2.66. The molecule has 0 heterocycles. The molecule has 142 valence electrons. The van der Waals surface area contributed by atoms with Crippen molar-refractivity contribution in [3.05, 3.63) is 59.1 Å². The lowest BCUT2D eigenvalue weighted by molar-refractivity contribution is -0.144. The first-order valence-electron chi connectivity index (χ1n) is 8.32. The van der Waals surface area contributed by atoms with Gasteiger partial charge in [-0.05, 0) is 55.8 Å². The summed E-state index contributed by atoms with van der Waals surface area (Å²) in [5.41, 5.74) is 0.492. The Morgan fingerprint density at radius 1 is 1.22 bits per heavy atom. The zero-order valence-corrected chi connectivity index (χ0v) is 16.5. The van der Waals surface area contributed by atoms with Crippen molar-refractivity contribution in [1.29, 1.82) is 5.26 Å². The number of halogens is 1. The molecule has 0 saturated heterocycles. The summed E-state index contributed by atoms with van der Waals surface area (Å²) in [6, 6.07) is 12.7. The van der Waals surface area contributed by atoms with Gasteiger partial charge in [0.15, 0.2) is 0 Å². The van der Waals surface area contributed by atoms with Crippen LogP contribution in [0.5, 0.6) is 0 Å². The smallest absolute Gasteiger partial charge is 0.329 e. The van der Waals surface area contributed by atoms with Crippen LogP contribution >= 0.6 is 11.6 Å². The van der Waals surface area contributed by atoms with Gasteiger partial charge in [0.2, 0.25) is 0 Å². The SMILES string of the molecule is CCOC(=O)C(CC)N(c1cccc(C#N)c1)S(=O)(=O)c1ccc(Cl)cc1. The predicted molar refractivity (Wildman–Crippen MR) is 103 cm³/mol. The van der Waals surface area contributed by atoms with Crippen molar-refractivity contribution >= 4 is 33.3 Å². The van der Waals surface area contributed by atoms with E-state index in [4.69, 9.17) is 21.6 Å². The Kier molecular flexibility index (Phi) is 6.83. The molecule has 0 saturated carbocycles. The van der Waals surface area contributed by atoms with Crippen LogP contribution in [0.25, 0.3) is 0 Å². The van der Waals surface area contributed by atoms with Gasteiger partial charge in [-0.1, -0.05) is 24.6 Å². The summed E-state index contributed by atoms with van der Waals surface area (Å²) in [5.74, 6) is -0.653. The highest BCUT2D eigenvalue weighted by molar-refractivity contribution is 7.93. The van der Waals surface area contributed by atoms with Crippen molar-refractivity contribution in [3.8, 4) is 6.07 Å². The molecule has 6 nitrogen and oxygen atoms in total. The van der Waals surface area contributed by atoms with Gasteiger partial charge in [0.05, 0.1) is 28.8 Å². The van der Waals surface area contributed by atoms with Gasteiger partial charge >= 0.3 is 5.97 Å². The minimum absolute atomic E-state index is 0.0167. The van der Waals surface area contributed by atoms with Crippen molar-refractivity contribution in [3.63, 3.8) is 0 Å². The predicted octanol–water partition coefficient (Wildman–Crippen LogP) is 3.75. The van der Waals surface area contributed by atoms with E-state index in [-0.39, 0.29) is 29.2 Å². The summed E-state index contributed by atoms with van der Waals surface area (Å²) in [5, 5.41) is 9.55. The molecule has 27 heavy (non-hydrogen) atoms. The Balaban J connectivity index is 2.66. The number of carbonyl (C=O) groups excluding carboxylic acids is 1. The third-order valence-corrected chi connectivity index (χ3v) is 5.93. The molecule has 0 bridgehead atoms. The van der Waals surface area contributed by atoms with E-state index in [1.54, 1.807) is 26.0 Å². The summed E-state index contributed by atoms with van der Waals surface area (Å²) in [6.07, 6.45) is 0.197. The monoisotopic (exact) mass is 406 g/mol. The number of nitriles is 1. The number of esters is 1. The quantitative estimate of drug-likeness (QED) is 0.653. The van der Waals surface area contributed by atoms with Crippen LogP contribution in [0.3, 0.4) is 0 Å². The number of nitrogens with zero attached hydrogens (tertiary/aromatic N) is 2. The Labute approximate surface area is 164 Å². The van der Waals surface area contributed by atoms with Gasteiger partial charge in [-0.2, -0.15) is 5.26 Å². The Morgan fingerprint density at radius 2 is 1.89 bits per heavy atom. The second kappa shape index (κ2) is 8.89. The number of rotatable bonds is 7. The second-order valence-electron chi connectivity index (χ2n) is 5.59. The first-order chi connectivity index (χ1) is 12.8. The highest BCUT2D eigenvalue weighted by atomic mass is 35.5. The molecule has 2 aromatic rings. The van der Waals surface area contributed by atoms with Gasteiger partial charge in [0, 0.05) is 5.02 Å². The van der Waals surface area contributed by atoms with Crippen LogP contribution in [0.4, 0.5) is 5.69 Å². The molecule has 0 spiro atoms. The first-order valence-corrected chi connectivity index (χ1v) is 10.1. The van der Waals surface area contributed by atoms with E-state index in [2.05, 4.69) is 0 Å². The highest BCUT2D eigenvalue weighted by Gasteiger charge is 2.36. The lowest BCUT2D eigenvalue weighted by Gasteiger charge is -2.30. The standard InChI is InChI=1S/C19H19ClN2O4S/c1-3-18(19(23)26-4-2)22(16-7-5-6-14(12-16)13-21)27(24,25)17-10-8-15(20)9-11-17/h5-12,18H,3-4H2,1-2H3. The molecule has 0 aliphatic heterocycles. The molecule has 0 amide bonds. The molecule has 2 aromatic carbocycles. The average molecular weight is 407 g/mol. The topological polar surface area (TPSA) is 87.5 Å². The molecule has 1 atom stereocenters. The largest absolute Gasteiger partial charge is 0.464 e. The van der Waals surface area contributed by atoms with E-state index < -0.39 is 22.0 Å². The molecule has 8 heteroatoms. The maximum atomic E-state index is 13.3. The number of anilines is 1. The fraction of sp³-hybridized carbons (Fsp3) is 0.263. The maximum Gasteiger partial charge on any atom is 0.329 e. The fourth-order valence-electron chi connectivity index (χ4n) is 2.59. The minimum Gasteiger partial charge on any atom is -0.464 e. The van der Waals surface area contributed by atoms with Crippen LogP contribution in [-0.4, -0.2) is 27.0 Å². The van der Waals surface area contributed by atoms with Gasteiger partial charge < -0.3 is 4.74 Å². The van der Waals surface area contributed by atoms with E-state index >= 15 is 0 Å². The molecule has 0 fully saturated rings. The van der Waals surface area contributed by atoms with Gasteiger partial charge in [0.1, 0.15) is 6.04 Å². The van der Waals surface area contributed by atoms with E-state index in [9.17, 15) is 13.2 Å². The summed E-state index contributed by atoms with van der Waals surface area (Å²) in [6.45, 7) is 3.47. The van der Waals surface area contributed by atoms with E-state index in [0.29, 0.717) is 5.02 Å². The lowest BCUT2D eigenvalue weighted by atomic mass is 10.1. The normalized spacial score (nSPS) is 12.1. The summed E-state index contributed by atoms with van der Waals surface area (Å²) in [7, 11) is -4.11. The fourth-order valence-corrected chi connectivity index (χ4v) is 4.38. The second-order valence-corrected chi connectivity index (χ2v) is 7.84. The van der Waals surface area contributed by atoms with E-state index in [1.165, 1.54) is 36.4 Å². The molecule has 1 unspecified atom stereocenters. The number of carbonyl (C=O) groups is 1. The molecule has 0 radical (unpaired) electrons. The summed E-state index contributed by atoms with van der Waals surface area (Å²) >= 11 is 5.86. The number of benzene rings is 2.